The number of hydrogen-bond donors (Lipinski definition) is 2. The number of carbonyl (C=O) groups is 1. The van der Waals surface area contributed by atoms with E-state index in [2.05, 4.69) is 0 Å². The highest BCUT2D eigenvalue weighted by atomic mass is 16.6. The number of nitrogens with zero attached hydrogens (tertiary/aromatic N) is 1. The highest BCUT2D eigenvalue weighted by molar-refractivity contribution is 5.66. The Morgan fingerprint density at radius 3 is 2.07 bits per heavy atom. The van der Waals surface area contributed by atoms with Crippen molar-refractivity contribution in [1.82, 2.24) is 5.06 Å². The average molecular weight is 219 g/mol. The second-order valence-electron chi connectivity index (χ2n) is 5.36. The number of hydrogen-bond acceptors (Lipinski definition) is 4. The van der Waals surface area contributed by atoms with Gasteiger partial charge in [-0.05, 0) is 20.8 Å². The number of aliphatic hydroxyl groups is 1. The Bertz CT molecular complexity index is 220. The third-order valence-corrected chi connectivity index (χ3v) is 1.61. The lowest BCUT2D eigenvalue weighted by molar-refractivity contribution is -0.114. The van der Waals surface area contributed by atoms with E-state index in [0.29, 0.717) is 5.06 Å². The minimum atomic E-state index is -0.802. The first-order chi connectivity index (χ1) is 6.57. The molecule has 0 aliphatic carbocycles. The summed E-state index contributed by atoms with van der Waals surface area (Å²) in [6, 6.07) is 0. The van der Waals surface area contributed by atoms with Gasteiger partial charge in [-0.2, -0.15) is 5.06 Å². The molecular weight excluding hydrogens is 198 g/mol. The molecule has 90 valence electrons. The van der Waals surface area contributed by atoms with Crippen LogP contribution in [0, 0.1) is 5.41 Å². The Morgan fingerprint density at radius 2 is 1.73 bits per heavy atom. The molecule has 0 aromatic rings. The second kappa shape index (κ2) is 4.81. The predicted octanol–water partition coefficient (Wildman–Crippen LogP) is 1.63. The van der Waals surface area contributed by atoms with Gasteiger partial charge in [-0.15, -0.1) is 0 Å². The van der Waals surface area contributed by atoms with Crippen LogP contribution >= 0.6 is 0 Å². The molecule has 0 aliphatic rings. The molecule has 0 bridgehead atoms. The molecule has 0 aliphatic heterocycles. The molecule has 0 unspecified atom stereocenters. The maximum Gasteiger partial charge on any atom is 0.434 e. The van der Waals surface area contributed by atoms with E-state index in [1.54, 1.807) is 34.6 Å². The van der Waals surface area contributed by atoms with Gasteiger partial charge in [-0.3, -0.25) is 5.21 Å². The molecule has 0 heterocycles. The quantitative estimate of drug-likeness (QED) is 0.559. The highest BCUT2D eigenvalue weighted by Gasteiger charge is 2.26. The Morgan fingerprint density at radius 1 is 1.27 bits per heavy atom. The van der Waals surface area contributed by atoms with E-state index in [1.807, 2.05) is 0 Å². The van der Waals surface area contributed by atoms with Crippen molar-refractivity contribution in [1.29, 1.82) is 0 Å². The van der Waals surface area contributed by atoms with Crippen LogP contribution in [0.2, 0.25) is 0 Å². The van der Waals surface area contributed by atoms with Crippen LogP contribution in [0.4, 0.5) is 4.79 Å². The summed E-state index contributed by atoms with van der Waals surface area (Å²) in [7, 11) is 0. The van der Waals surface area contributed by atoms with Gasteiger partial charge in [-0.25, -0.2) is 4.79 Å². The summed E-state index contributed by atoms with van der Waals surface area (Å²) >= 11 is 0. The van der Waals surface area contributed by atoms with Gasteiger partial charge in [0.15, 0.2) is 0 Å². The molecule has 2 N–H and O–H groups in total. The Labute approximate surface area is 90.6 Å². The smallest absolute Gasteiger partial charge is 0.434 e. The first-order valence-corrected chi connectivity index (χ1v) is 4.88. The van der Waals surface area contributed by atoms with Crippen LogP contribution in [-0.4, -0.2) is 40.2 Å². The monoisotopic (exact) mass is 219 g/mol. The Hall–Kier alpha value is -0.810. The number of carbonyl (C=O) groups excluding carboxylic acids is 1. The van der Waals surface area contributed by atoms with Crippen molar-refractivity contribution in [2.75, 3.05) is 13.2 Å². The molecule has 0 aromatic carbocycles. The molecule has 0 rings (SSSR count). The van der Waals surface area contributed by atoms with Gasteiger partial charge in [0.1, 0.15) is 5.60 Å². The first kappa shape index (κ1) is 14.2. The van der Waals surface area contributed by atoms with Gasteiger partial charge in [0.2, 0.25) is 0 Å². The lowest BCUT2D eigenvalue weighted by atomic mass is 9.95. The summed E-state index contributed by atoms with van der Waals surface area (Å²) in [6.07, 6.45) is -0.802. The maximum absolute atomic E-state index is 11.3. The van der Waals surface area contributed by atoms with Crippen molar-refractivity contribution in [2.45, 2.75) is 40.2 Å². The van der Waals surface area contributed by atoms with Crippen molar-refractivity contribution < 1.29 is 19.8 Å². The fourth-order valence-electron chi connectivity index (χ4n) is 0.835. The SMILES string of the molecule is CC(C)(CO)CN(O)C(=O)OC(C)(C)C. The van der Waals surface area contributed by atoms with Gasteiger partial charge in [0.05, 0.1) is 6.54 Å². The zero-order valence-electron chi connectivity index (χ0n) is 10.1. The summed E-state index contributed by atoms with van der Waals surface area (Å²) in [5.41, 5.74) is -1.19. The minimum Gasteiger partial charge on any atom is -0.442 e. The number of hydroxylamine groups is 2. The molecule has 0 fully saturated rings. The van der Waals surface area contributed by atoms with E-state index in [1.165, 1.54) is 0 Å². The molecule has 0 saturated heterocycles. The van der Waals surface area contributed by atoms with Crippen LogP contribution in [0.25, 0.3) is 0 Å². The van der Waals surface area contributed by atoms with Crippen LogP contribution in [0.3, 0.4) is 0 Å². The van der Waals surface area contributed by atoms with Crippen LogP contribution in [0.1, 0.15) is 34.6 Å². The molecule has 0 aromatic heterocycles. The van der Waals surface area contributed by atoms with E-state index >= 15 is 0 Å². The predicted molar refractivity (Wildman–Crippen MR) is 55.6 cm³/mol. The summed E-state index contributed by atoms with van der Waals surface area (Å²) in [5.74, 6) is 0. The van der Waals surface area contributed by atoms with Crippen LogP contribution in [-0.2, 0) is 4.74 Å². The van der Waals surface area contributed by atoms with Crippen molar-refractivity contribution in [2.24, 2.45) is 5.41 Å². The third-order valence-electron chi connectivity index (χ3n) is 1.61. The zero-order valence-corrected chi connectivity index (χ0v) is 10.1. The lowest BCUT2D eigenvalue weighted by Crippen LogP contribution is -2.41. The fourth-order valence-corrected chi connectivity index (χ4v) is 0.835. The lowest BCUT2D eigenvalue weighted by Gasteiger charge is -2.28. The molecule has 0 atom stereocenters. The van der Waals surface area contributed by atoms with E-state index < -0.39 is 17.1 Å². The molecule has 0 radical (unpaired) electrons. The standard InChI is InChI=1S/C10H21NO4/c1-9(2,3)15-8(13)11(14)6-10(4,5)7-12/h12,14H,6-7H2,1-5H3. The number of rotatable bonds is 3. The van der Waals surface area contributed by atoms with E-state index in [9.17, 15) is 10.0 Å². The molecule has 1 amide bonds. The van der Waals surface area contributed by atoms with Gasteiger partial charge >= 0.3 is 6.09 Å². The highest BCUT2D eigenvalue weighted by Crippen LogP contribution is 2.16. The van der Waals surface area contributed by atoms with Crippen molar-refractivity contribution in [3.63, 3.8) is 0 Å². The van der Waals surface area contributed by atoms with Crippen LogP contribution in [0.5, 0.6) is 0 Å². The topological polar surface area (TPSA) is 70.0 Å². The van der Waals surface area contributed by atoms with Gasteiger partial charge in [0, 0.05) is 12.0 Å². The van der Waals surface area contributed by atoms with Crippen molar-refractivity contribution in [3.8, 4) is 0 Å². The van der Waals surface area contributed by atoms with Crippen LogP contribution in [0.15, 0.2) is 0 Å². The minimum absolute atomic E-state index is 0.0262. The number of ether oxygens (including phenoxy) is 1. The Balaban J connectivity index is 4.23. The number of aliphatic hydroxyl groups excluding tert-OH is 1. The van der Waals surface area contributed by atoms with Gasteiger partial charge in [0.25, 0.3) is 0 Å². The molecule has 15 heavy (non-hydrogen) atoms. The second-order valence-corrected chi connectivity index (χ2v) is 5.36. The van der Waals surface area contributed by atoms with Gasteiger partial charge in [-0.1, -0.05) is 13.8 Å². The summed E-state index contributed by atoms with van der Waals surface area (Å²) in [6.45, 7) is 8.54. The van der Waals surface area contributed by atoms with E-state index in [0.717, 1.165) is 0 Å². The molecular formula is C10H21NO4. The summed E-state index contributed by atoms with van der Waals surface area (Å²) in [5, 5.41) is 18.9. The third kappa shape index (κ3) is 6.30. The largest absolute Gasteiger partial charge is 0.442 e. The molecule has 5 heteroatoms. The van der Waals surface area contributed by atoms with Crippen LogP contribution < -0.4 is 0 Å². The summed E-state index contributed by atoms with van der Waals surface area (Å²) in [4.78, 5) is 11.3. The molecule has 0 saturated carbocycles. The van der Waals surface area contributed by atoms with Crippen molar-refractivity contribution in [3.05, 3.63) is 0 Å². The summed E-state index contributed by atoms with van der Waals surface area (Å²) < 4.78 is 4.95. The normalized spacial score (nSPS) is 12.5. The molecule has 0 spiro atoms. The van der Waals surface area contributed by atoms with E-state index in [4.69, 9.17) is 9.84 Å². The average Bonchev–Trinajstić information content (AvgIpc) is 2.00. The molecule has 5 nitrogen and oxygen atoms in total. The zero-order chi connectivity index (χ0) is 12.3. The first-order valence-electron chi connectivity index (χ1n) is 4.88. The number of amides is 1. The van der Waals surface area contributed by atoms with E-state index in [-0.39, 0.29) is 13.2 Å². The Kier molecular flexibility index (Phi) is 4.55. The van der Waals surface area contributed by atoms with Crippen molar-refractivity contribution >= 4 is 6.09 Å². The van der Waals surface area contributed by atoms with Gasteiger partial charge < -0.3 is 9.84 Å². The fraction of sp³-hybridized carbons (Fsp3) is 0.900. The maximum atomic E-state index is 11.3.